The third-order valence-corrected chi connectivity index (χ3v) is 2.51. The van der Waals surface area contributed by atoms with Crippen molar-refractivity contribution in [3.63, 3.8) is 0 Å². The van der Waals surface area contributed by atoms with Crippen LogP contribution in [0.1, 0.15) is 23.0 Å². The minimum atomic E-state index is -0.177. The molecule has 19 heavy (non-hydrogen) atoms. The predicted molar refractivity (Wildman–Crippen MR) is 69.6 cm³/mol. The third kappa shape index (κ3) is 3.07. The molecule has 1 aromatic carbocycles. The summed E-state index contributed by atoms with van der Waals surface area (Å²) in [7, 11) is 1.49. The predicted octanol–water partition coefficient (Wildman–Crippen LogP) is 2.11. The van der Waals surface area contributed by atoms with Gasteiger partial charge in [0.2, 0.25) is 11.7 Å². The summed E-state index contributed by atoms with van der Waals surface area (Å²) >= 11 is 0. The number of methoxy groups -OCH3 is 1. The van der Waals surface area contributed by atoms with Crippen molar-refractivity contribution in [2.75, 3.05) is 13.7 Å². The van der Waals surface area contributed by atoms with E-state index < -0.39 is 0 Å². The van der Waals surface area contributed by atoms with Gasteiger partial charge < -0.3 is 9.47 Å². The van der Waals surface area contributed by atoms with Crippen LogP contribution in [0.4, 0.5) is 0 Å². The van der Waals surface area contributed by atoms with Crippen LogP contribution < -0.4 is 9.47 Å². The van der Waals surface area contributed by atoms with Crippen LogP contribution in [0.15, 0.2) is 36.7 Å². The Morgan fingerprint density at radius 3 is 2.58 bits per heavy atom. The van der Waals surface area contributed by atoms with Gasteiger partial charge in [-0.05, 0) is 31.2 Å². The number of aromatic nitrogens is 2. The summed E-state index contributed by atoms with van der Waals surface area (Å²) in [5.74, 6) is 0.923. The Labute approximate surface area is 111 Å². The molecule has 2 aromatic rings. The molecule has 5 heteroatoms. The number of ketones is 1. The Morgan fingerprint density at radius 2 is 1.95 bits per heavy atom. The van der Waals surface area contributed by atoms with Crippen LogP contribution in [-0.4, -0.2) is 29.5 Å². The highest BCUT2D eigenvalue weighted by Gasteiger charge is 2.12. The molecule has 0 spiro atoms. The van der Waals surface area contributed by atoms with E-state index in [0.717, 1.165) is 5.75 Å². The quantitative estimate of drug-likeness (QED) is 0.769. The maximum atomic E-state index is 12.2. The summed E-state index contributed by atoms with van der Waals surface area (Å²) in [5, 5.41) is 0. The average Bonchev–Trinajstić information content (AvgIpc) is 2.48. The van der Waals surface area contributed by atoms with Gasteiger partial charge in [0.1, 0.15) is 17.8 Å². The van der Waals surface area contributed by atoms with Gasteiger partial charge in [0.15, 0.2) is 0 Å². The van der Waals surface area contributed by atoms with Crippen molar-refractivity contribution in [1.29, 1.82) is 0 Å². The van der Waals surface area contributed by atoms with Crippen LogP contribution in [0.5, 0.6) is 11.6 Å². The van der Waals surface area contributed by atoms with Crippen LogP contribution in [0, 0.1) is 0 Å². The topological polar surface area (TPSA) is 61.3 Å². The zero-order valence-electron chi connectivity index (χ0n) is 10.8. The largest absolute Gasteiger partial charge is 0.494 e. The normalized spacial score (nSPS) is 10.0. The molecule has 0 bridgehead atoms. The van der Waals surface area contributed by atoms with Crippen LogP contribution in [0.25, 0.3) is 0 Å². The lowest BCUT2D eigenvalue weighted by molar-refractivity contribution is 0.103. The van der Waals surface area contributed by atoms with Crippen molar-refractivity contribution >= 4 is 5.78 Å². The van der Waals surface area contributed by atoms with Crippen LogP contribution in [0.3, 0.4) is 0 Å². The molecule has 0 aliphatic carbocycles. The van der Waals surface area contributed by atoms with E-state index in [1.807, 2.05) is 6.92 Å². The van der Waals surface area contributed by atoms with Crippen molar-refractivity contribution in [3.05, 3.63) is 47.9 Å². The number of benzene rings is 1. The van der Waals surface area contributed by atoms with E-state index in [1.54, 1.807) is 24.3 Å². The maximum absolute atomic E-state index is 12.2. The second kappa shape index (κ2) is 5.95. The highest BCUT2D eigenvalue weighted by atomic mass is 16.5. The second-order valence-electron chi connectivity index (χ2n) is 3.73. The number of ether oxygens (including phenoxy) is 2. The fourth-order valence-corrected chi connectivity index (χ4v) is 1.59. The van der Waals surface area contributed by atoms with Gasteiger partial charge in [-0.1, -0.05) is 0 Å². The first kappa shape index (κ1) is 13.0. The molecule has 0 fully saturated rings. The van der Waals surface area contributed by atoms with Crippen molar-refractivity contribution in [2.45, 2.75) is 6.92 Å². The smallest absolute Gasteiger partial charge is 0.216 e. The summed E-state index contributed by atoms with van der Waals surface area (Å²) in [6.07, 6.45) is 1.31. The molecule has 0 saturated heterocycles. The minimum Gasteiger partial charge on any atom is -0.494 e. The van der Waals surface area contributed by atoms with Crippen molar-refractivity contribution < 1.29 is 14.3 Å². The zero-order chi connectivity index (χ0) is 13.7. The molecule has 0 aliphatic heterocycles. The molecule has 98 valence electrons. The van der Waals surface area contributed by atoms with Gasteiger partial charge in [0.05, 0.1) is 13.7 Å². The molecule has 0 saturated carbocycles. The van der Waals surface area contributed by atoms with Gasteiger partial charge >= 0.3 is 0 Å². The van der Waals surface area contributed by atoms with Gasteiger partial charge in [0, 0.05) is 11.6 Å². The van der Waals surface area contributed by atoms with E-state index >= 15 is 0 Å². The summed E-state index contributed by atoms with van der Waals surface area (Å²) in [6.45, 7) is 2.50. The molecule has 0 amide bonds. The summed E-state index contributed by atoms with van der Waals surface area (Å²) in [5.41, 5.74) is 0.847. The van der Waals surface area contributed by atoms with Gasteiger partial charge in [-0.2, -0.15) is 0 Å². The lowest BCUT2D eigenvalue weighted by Crippen LogP contribution is -2.05. The number of carbonyl (C=O) groups excluding carboxylic acids is 1. The highest BCUT2D eigenvalue weighted by molar-refractivity contribution is 6.07. The first-order chi connectivity index (χ1) is 9.24. The second-order valence-corrected chi connectivity index (χ2v) is 3.73. The van der Waals surface area contributed by atoms with Crippen molar-refractivity contribution in [2.24, 2.45) is 0 Å². The summed E-state index contributed by atoms with van der Waals surface area (Å²) in [4.78, 5) is 20.0. The first-order valence-electron chi connectivity index (χ1n) is 5.88. The van der Waals surface area contributed by atoms with E-state index in [9.17, 15) is 4.79 Å². The van der Waals surface area contributed by atoms with E-state index in [-0.39, 0.29) is 5.78 Å². The number of nitrogens with zero attached hydrogens (tertiary/aromatic N) is 2. The monoisotopic (exact) mass is 258 g/mol. The molecule has 1 aromatic heterocycles. The van der Waals surface area contributed by atoms with Crippen LogP contribution in [0.2, 0.25) is 0 Å². The molecule has 5 nitrogen and oxygen atoms in total. The molecule has 0 atom stereocenters. The molecular weight excluding hydrogens is 244 g/mol. The Kier molecular flexibility index (Phi) is 4.07. The Bertz CT molecular complexity index is 567. The molecule has 0 aliphatic rings. The van der Waals surface area contributed by atoms with Crippen molar-refractivity contribution in [1.82, 2.24) is 9.97 Å². The SMILES string of the molecule is CCOc1ccc(C(=O)c2cc(OC)ncn2)cc1. The van der Waals surface area contributed by atoms with Gasteiger partial charge in [-0.25, -0.2) is 9.97 Å². The lowest BCUT2D eigenvalue weighted by Gasteiger charge is -2.05. The average molecular weight is 258 g/mol. The third-order valence-electron chi connectivity index (χ3n) is 2.51. The molecule has 0 N–H and O–H groups in total. The van der Waals surface area contributed by atoms with Gasteiger partial charge in [-0.3, -0.25) is 4.79 Å². The van der Waals surface area contributed by atoms with Crippen LogP contribution >= 0.6 is 0 Å². The lowest BCUT2D eigenvalue weighted by atomic mass is 10.1. The van der Waals surface area contributed by atoms with E-state index in [4.69, 9.17) is 9.47 Å². The molecular formula is C14H14N2O3. The number of rotatable bonds is 5. The number of carbonyl (C=O) groups is 1. The summed E-state index contributed by atoms with van der Waals surface area (Å²) in [6, 6.07) is 8.45. The van der Waals surface area contributed by atoms with E-state index in [0.29, 0.717) is 23.7 Å². The standard InChI is InChI=1S/C14H14N2O3/c1-3-19-11-6-4-10(5-7-11)14(17)12-8-13(18-2)16-9-15-12/h4-9H,3H2,1-2H3. The maximum Gasteiger partial charge on any atom is 0.216 e. The van der Waals surface area contributed by atoms with E-state index in [2.05, 4.69) is 9.97 Å². The molecule has 1 heterocycles. The zero-order valence-corrected chi connectivity index (χ0v) is 10.8. The van der Waals surface area contributed by atoms with Crippen molar-refractivity contribution in [3.8, 4) is 11.6 Å². The number of hydrogen-bond acceptors (Lipinski definition) is 5. The fourth-order valence-electron chi connectivity index (χ4n) is 1.59. The minimum absolute atomic E-state index is 0.177. The molecule has 2 rings (SSSR count). The van der Waals surface area contributed by atoms with E-state index in [1.165, 1.54) is 19.5 Å². The van der Waals surface area contributed by atoms with Gasteiger partial charge in [-0.15, -0.1) is 0 Å². The highest BCUT2D eigenvalue weighted by Crippen LogP contribution is 2.16. The Balaban J connectivity index is 2.22. The van der Waals surface area contributed by atoms with Crippen LogP contribution in [-0.2, 0) is 0 Å². The molecule has 0 radical (unpaired) electrons. The Morgan fingerprint density at radius 1 is 1.21 bits per heavy atom. The number of hydrogen-bond donors (Lipinski definition) is 0. The summed E-state index contributed by atoms with van der Waals surface area (Å²) < 4.78 is 10.3. The fraction of sp³-hybridized carbons (Fsp3) is 0.214. The molecule has 0 unspecified atom stereocenters. The first-order valence-corrected chi connectivity index (χ1v) is 5.88. The Hall–Kier alpha value is -2.43. The van der Waals surface area contributed by atoms with Gasteiger partial charge in [0.25, 0.3) is 0 Å².